The second-order valence-electron chi connectivity index (χ2n) is 9.26. The summed E-state index contributed by atoms with van der Waals surface area (Å²) in [6.45, 7) is 7.48. The molecule has 2 aliphatic heterocycles. The van der Waals surface area contributed by atoms with E-state index in [0.717, 1.165) is 25.9 Å². The van der Waals surface area contributed by atoms with Crippen molar-refractivity contribution < 1.29 is 22.4 Å². The molecule has 7 nitrogen and oxygen atoms in total. The molecule has 0 saturated carbocycles. The maximum atomic E-state index is 12.9. The summed E-state index contributed by atoms with van der Waals surface area (Å²) >= 11 is 0. The third-order valence-electron chi connectivity index (χ3n) is 6.23. The van der Waals surface area contributed by atoms with Crippen LogP contribution in [-0.4, -0.2) is 61.7 Å². The lowest BCUT2D eigenvalue weighted by Gasteiger charge is -2.28. The van der Waals surface area contributed by atoms with Gasteiger partial charge in [-0.05, 0) is 38.3 Å². The average Bonchev–Trinajstić information content (AvgIpc) is 3.24. The first-order valence-corrected chi connectivity index (χ1v) is 11.8. The van der Waals surface area contributed by atoms with Gasteiger partial charge in [-0.15, -0.1) is 0 Å². The van der Waals surface area contributed by atoms with E-state index in [1.807, 2.05) is 13.8 Å². The highest BCUT2D eigenvalue weighted by atomic mass is 32.2. The molecule has 8 heteroatoms. The van der Waals surface area contributed by atoms with E-state index in [4.69, 9.17) is 4.42 Å². The third kappa shape index (κ3) is 3.52. The van der Waals surface area contributed by atoms with E-state index >= 15 is 0 Å². The number of rotatable bonds is 3. The number of hydrogen-bond acceptors (Lipinski definition) is 6. The van der Waals surface area contributed by atoms with Gasteiger partial charge >= 0.3 is 0 Å². The predicted octanol–water partition coefficient (Wildman–Crippen LogP) is 1.73. The maximum absolute atomic E-state index is 12.9. The molecular formula is C20H28N2O5S. The van der Waals surface area contributed by atoms with E-state index in [0.29, 0.717) is 29.7 Å². The SMILES string of the molecule is Cc1c(C(=O)NC2CS(=O)(=O)CC2N2CCCC2)oc2c1C(=O)CC(C)(C)C2. The molecule has 154 valence electrons. The van der Waals surface area contributed by atoms with E-state index in [-0.39, 0.29) is 34.5 Å². The zero-order valence-corrected chi connectivity index (χ0v) is 17.5. The lowest BCUT2D eigenvalue weighted by molar-refractivity contribution is 0.0872. The van der Waals surface area contributed by atoms with Crippen LogP contribution in [0.25, 0.3) is 0 Å². The van der Waals surface area contributed by atoms with Crippen LogP contribution >= 0.6 is 0 Å². The standard InChI is InChI=1S/C20H28N2O5S/c1-12-17-15(23)8-20(2,3)9-16(17)27-18(12)19(24)21-13-10-28(25,26)11-14(13)22-6-4-5-7-22/h13-14H,4-11H2,1-3H3,(H,21,24). The van der Waals surface area contributed by atoms with Gasteiger partial charge in [-0.3, -0.25) is 14.5 Å². The number of sulfone groups is 1. The highest BCUT2D eigenvalue weighted by molar-refractivity contribution is 7.91. The molecule has 1 N–H and O–H groups in total. The number of carbonyl (C=O) groups is 2. The molecule has 2 fully saturated rings. The van der Waals surface area contributed by atoms with E-state index in [9.17, 15) is 18.0 Å². The number of hydrogen-bond donors (Lipinski definition) is 1. The highest BCUT2D eigenvalue weighted by Crippen LogP contribution is 2.38. The first-order chi connectivity index (χ1) is 13.1. The molecule has 0 radical (unpaired) electrons. The topological polar surface area (TPSA) is 96.7 Å². The van der Waals surface area contributed by atoms with Gasteiger partial charge in [0.25, 0.3) is 5.91 Å². The van der Waals surface area contributed by atoms with Crippen molar-refractivity contribution in [2.75, 3.05) is 24.6 Å². The molecule has 0 aromatic carbocycles. The second kappa shape index (κ2) is 6.69. The molecule has 3 heterocycles. The van der Waals surface area contributed by atoms with E-state index < -0.39 is 21.8 Å². The maximum Gasteiger partial charge on any atom is 0.287 e. The van der Waals surface area contributed by atoms with Crippen LogP contribution in [-0.2, 0) is 16.3 Å². The lowest BCUT2D eigenvalue weighted by atomic mass is 9.76. The van der Waals surface area contributed by atoms with Crippen molar-refractivity contribution in [3.8, 4) is 0 Å². The summed E-state index contributed by atoms with van der Waals surface area (Å²) < 4.78 is 30.3. The van der Waals surface area contributed by atoms with Crippen LogP contribution in [0.2, 0.25) is 0 Å². The van der Waals surface area contributed by atoms with Gasteiger partial charge in [0.1, 0.15) is 5.76 Å². The number of likely N-dealkylation sites (tertiary alicyclic amines) is 1. The fourth-order valence-electron chi connectivity index (χ4n) is 4.93. The van der Waals surface area contributed by atoms with Crippen LogP contribution < -0.4 is 5.32 Å². The van der Waals surface area contributed by atoms with Crippen LogP contribution in [0.1, 0.15) is 65.3 Å². The Hall–Kier alpha value is -1.67. The van der Waals surface area contributed by atoms with Crippen LogP contribution in [0.15, 0.2) is 4.42 Å². The first-order valence-electron chi connectivity index (χ1n) is 9.97. The zero-order chi connectivity index (χ0) is 20.3. The van der Waals surface area contributed by atoms with Crippen molar-refractivity contribution in [1.82, 2.24) is 10.2 Å². The van der Waals surface area contributed by atoms with Gasteiger partial charge in [0, 0.05) is 24.4 Å². The van der Waals surface area contributed by atoms with Crippen molar-refractivity contribution in [1.29, 1.82) is 0 Å². The number of nitrogens with zero attached hydrogens (tertiary/aromatic N) is 1. The molecule has 2 atom stereocenters. The van der Waals surface area contributed by atoms with Gasteiger partial charge in [0.2, 0.25) is 0 Å². The van der Waals surface area contributed by atoms with Gasteiger partial charge < -0.3 is 9.73 Å². The molecule has 1 aromatic heterocycles. The lowest BCUT2D eigenvalue weighted by Crippen LogP contribution is -2.50. The molecule has 2 unspecified atom stereocenters. The smallest absolute Gasteiger partial charge is 0.287 e. The summed E-state index contributed by atoms with van der Waals surface area (Å²) in [6, 6.07) is -0.647. The normalized spacial score (nSPS) is 29.0. The van der Waals surface area contributed by atoms with Gasteiger partial charge in [0.05, 0.1) is 23.1 Å². The van der Waals surface area contributed by atoms with Crippen molar-refractivity contribution in [2.24, 2.45) is 5.41 Å². The van der Waals surface area contributed by atoms with Crippen molar-refractivity contribution in [3.63, 3.8) is 0 Å². The Labute approximate surface area is 165 Å². The number of furan rings is 1. The molecule has 1 aromatic rings. The Morgan fingerprint density at radius 2 is 1.86 bits per heavy atom. The van der Waals surface area contributed by atoms with Gasteiger partial charge in [-0.1, -0.05) is 13.8 Å². The molecule has 3 aliphatic rings. The molecule has 2 saturated heterocycles. The minimum Gasteiger partial charge on any atom is -0.455 e. The molecule has 0 spiro atoms. The Morgan fingerprint density at radius 1 is 1.18 bits per heavy atom. The highest BCUT2D eigenvalue weighted by Gasteiger charge is 2.43. The third-order valence-corrected chi connectivity index (χ3v) is 7.95. The average molecular weight is 409 g/mol. The molecular weight excluding hydrogens is 380 g/mol. The number of Topliss-reactive ketones (excluding diaryl/α,β-unsaturated/α-hetero) is 1. The van der Waals surface area contributed by atoms with E-state index in [2.05, 4.69) is 10.2 Å². The van der Waals surface area contributed by atoms with Crippen LogP contribution in [0, 0.1) is 12.3 Å². The predicted molar refractivity (Wildman–Crippen MR) is 104 cm³/mol. The summed E-state index contributed by atoms with van der Waals surface area (Å²) in [7, 11) is -3.19. The van der Waals surface area contributed by atoms with Crippen LogP contribution in [0.3, 0.4) is 0 Å². The zero-order valence-electron chi connectivity index (χ0n) is 16.7. The summed E-state index contributed by atoms with van der Waals surface area (Å²) in [6.07, 6.45) is 3.15. The Kier molecular flexibility index (Phi) is 4.69. The van der Waals surface area contributed by atoms with Gasteiger partial charge in [-0.25, -0.2) is 8.42 Å². The first kappa shape index (κ1) is 19.6. The quantitative estimate of drug-likeness (QED) is 0.818. The Bertz CT molecular complexity index is 925. The van der Waals surface area contributed by atoms with Crippen molar-refractivity contribution in [3.05, 3.63) is 22.6 Å². The van der Waals surface area contributed by atoms with Crippen LogP contribution in [0.4, 0.5) is 0 Å². The summed E-state index contributed by atoms with van der Waals surface area (Å²) in [4.78, 5) is 27.7. The fraction of sp³-hybridized carbons (Fsp3) is 0.700. The largest absolute Gasteiger partial charge is 0.455 e. The number of amides is 1. The number of nitrogens with one attached hydrogen (secondary N) is 1. The molecule has 28 heavy (non-hydrogen) atoms. The molecule has 4 rings (SSSR count). The minimum absolute atomic E-state index is 0.00457. The van der Waals surface area contributed by atoms with E-state index in [1.54, 1.807) is 6.92 Å². The summed E-state index contributed by atoms with van der Waals surface area (Å²) in [5.74, 6) is 0.317. The summed E-state index contributed by atoms with van der Waals surface area (Å²) in [5, 5.41) is 2.90. The molecule has 0 bridgehead atoms. The van der Waals surface area contributed by atoms with Crippen LogP contribution in [0.5, 0.6) is 0 Å². The minimum atomic E-state index is -3.19. The fourth-order valence-corrected chi connectivity index (χ4v) is 6.89. The second-order valence-corrected chi connectivity index (χ2v) is 11.4. The number of carbonyl (C=O) groups excluding carboxylic acids is 2. The molecule has 1 amide bonds. The number of fused-ring (bicyclic) bond motifs is 1. The van der Waals surface area contributed by atoms with Crippen molar-refractivity contribution >= 4 is 21.5 Å². The van der Waals surface area contributed by atoms with Gasteiger partial charge in [0.15, 0.2) is 21.4 Å². The van der Waals surface area contributed by atoms with Gasteiger partial charge in [-0.2, -0.15) is 0 Å². The monoisotopic (exact) mass is 408 g/mol. The summed E-state index contributed by atoms with van der Waals surface area (Å²) in [5.41, 5.74) is 0.897. The molecule has 1 aliphatic carbocycles. The Balaban J connectivity index is 1.58. The Morgan fingerprint density at radius 3 is 2.54 bits per heavy atom. The van der Waals surface area contributed by atoms with Crippen molar-refractivity contribution in [2.45, 2.75) is 58.5 Å². The van der Waals surface area contributed by atoms with E-state index in [1.165, 1.54) is 0 Å². The number of ketones is 1.